The van der Waals surface area contributed by atoms with Gasteiger partial charge in [0, 0.05) is 25.7 Å². The Labute approximate surface area is 171 Å². The van der Waals surface area contributed by atoms with Gasteiger partial charge in [0.25, 0.3) is 5.91 Å². The fraction of sp³-hybridized carbons (Fsp3) is 0.320. The van der Waals surface area contributed by atoms with E-state index < -0.39 is 0 Å². The van der Waals surface area contributed by atoms with Crippen LogP contribution in [0.2, 0.25) is 0 Å². The van der Waals surface area contributed by atoms with Crippen molar-refractivity contribution >= 4 is 16.7 Å². The summed E-state index contributed by atoms with van der Waals surface area (Å²) in [6, 6.07) is 18.9. The second-order valence-electron chi connectivity index (χ2n) is 8.12. The highest BCUT2D eigenvalue weighted by atomic mass is 16.5. The van der Waals surface area contributed by atoms with Gasteiger partial charge in [-0.15, -0.1) is 0 Å². The molecule has 4 heteroatoms. The second kappa shape index (κ2) is 7.53. The first kappa shape index (κ1) is 18.2. The zero-order valence-electron chi connectivity index (χ0n) is 16.9. The van der Waals surface area contributed by atoms with Crippen molar-refractivity contribution in [1.82, 2.24) is 9.80 Å². The first-order valence-electron chi connectivity index (χ1n) is 10.5. The van der Waals surface area contributed by atoms with Crippen molar-refractivity contribution in [2.24, 2.45) is 0 Å². The van der Waals surface area contributed by atoms with Crippen LogP contribution in [0.3, 0.4) is 0 Å². The summed E-state index contributed by atoms with van der Waals surface area (Å²) in [6.07, 6.45) is 2.60. The third-order valence-electron chi connectivity index (χ3n) is 6.11. The monoisotopic (exact) mass is 386 g/mol. The van der Waals surface area contributed by atoms with Crippen LogP contribution in [0.5, 0.6) is 5.75 Å². The van der Waals surface area contributed by atoms with Crippen LogP contribution < -0.4 is 4.74 Å². The largest absolute Gasteiger partial charge is 0.492 e. The lowest BCUT2D eigenvalue weighted by molar-refractivity contribution is 0.0816. The lowest BCUT2D eigenvalue weighted by Crippen LogP contribution is -2.25. The van der Waals surface area contributed by atoms with Crippen molar-refractivity contribution in [2.45, 2.75) is 19.4 Å². The van der Waals surface area contributed by atoms with Crippen molar-refractivity contribution in [1.29, 1.82) is 0 Å². The lowest BCUT2D eigenvalue weighted by atomic mass is 9.95. The fourth-order valence-corrected chi connectivity index (χ4v) is 4.54. The van der Waals surface area contributed by atoms with Gasteiger partial charge in [-0.3, -0.25) is 9.69 Å². The van der Waals surface area contributed by atoms with Crippen LogP contribution in [0.15, 0.2) is 54.6 Å². The van der Waals surface area contributed by atoms with Gasteiger partial charge in [-0.2, -0.15) is 0 Å². The molecule has 1 fully saturated rings. The summed E-state index contributed by atoms with van der Waals surface area (Å²) in [5.41, 5.74) is 4.20. The minimum absolute atomic E-state index is 0.107. The topological polar surface area (TPSA) is 32.8 Å². The maximum Gasteiger partial charge on any atom is 0.254 e. The zero-order valence-corrected chi connectivity index (χ0v) is 16.9. The lowest BCUT2D eigenvalue weighted by Gasteiger charge is -2.16. The van der Waals surface area contributed by atoms with E-state index in [-0.39, 0.29) is 5.91 Å². The number of carbonyl (C=O) groups excluding carboxylic acids is 1. The molecule has 0 unspecified atom stereocenters. The van der Waals surface area contributed by atoms with Gasteiger partial charge in [0.1, 0.15) is 12.4 Å². The van der Waals surface area contributed by atoms with Crippen LogP contribution in [0, 0.1) is 0 Å². The molecule has 1 saturated heterocycles. The normalized spacial score (nSPS) is 16.6. The van der Waals surface area contributed by atoms with Crippen molar-refractivity contribution in [3.8, 4) is 16.9 Å². The first-order chi connectivity index (χ1) is 14.2. The molecule has 0 spiro atoms. The number of hydrogen-bond acceptors (Lipinski definition) is 3. The number of ether oxygens (including phenoxy) is 1. The van der Waals surface area contributed by atoms with Crippen molar-refractivity contribution in [3.05, 3.63) is 65.7 Å². The predicted molar refractivity (Wildman–Crippen MR) is 116 cm³/mol. The number of carbonyl (C=O) groups is 1. The van der Waals surface area contributed by atoms with Crippen molar-refractivity contribution < 1.29 is 9.53 Å². The number of fused-ring (bicyclic) bond motifs is 2. The third-order valence-corrected chi connectivity index (χ3v) is 6.11. The van der Waals surface area contributed by atoms with Crippen LogP contribution in [-0.4, -0.2) is 49.0 Å². The molecule has 2 aliphatic heterocycles. The molecule has 0 aliphatic carbocycles. The Balaban J connectivity index is 1.48. The minimum atomic E-state index is 0.107. The molecule has 0 N–H and O–H groups in total. The number of likely N-dealkylation sites (tertiary alicyclic amines) is 1. The molecular formula is C25H26N2O2. The molecule has 148 valence electrons. The van der Waals surface area contributed by atoms with E-state index in [1.165, 1.54) is 36.7 Å². The fourth-order valence-electron chi connectivity index (χ4n) is 4.54. The smallest absolute Gasteiger partial charge is 0.254 e. The zero-order chi connectivity index (χ0) is 19.8. The van der Waals surface area contributed by atoms with Crippen LogP contribution in [0.4, 0.5) is 0 Å². The van der Waals surface area contributed by atoms with Crippen LogP contribution in [0.1, 0.15) is 28.8 Å². The molecule has 0 atom stereocenters. The summed E-state index contributed by atoms with van der Waals surface area (Å²) >= 11 is 0. The van der Waals surface area contributed by atoms with E-state index in [1.54, 1.807) is 4.90 Å². The summed E-state index contributed by atoms with van der Waals surface area (Å²) in [5, 5.41) is 2.38. The van der Waals surface area contributed by atoms with Gasteiger partial charge in [0.2, 0.25) is 0 Å². The minimum Gasteiger partial charge on any atom is -0.492 e. The van der Waals surface area contributed by atoms with Crippen molar-refractivity contribution in [2.75, 3.05) is 33.3 Å². The quantitative estimate of drug-likeness (QED) is 0.644. The Morgan fingerprint density at radius 3 is 2.66 bits per heavy atom. The average molecular weight is 386 g/mol. The molecule has 1 amide bonds. The molecule has 0 saturated carbocycles. The summed E-state index contributed by atoms with van der Waals surface area (Å²) in [5.74, 6) is 1.02. The molecule has 0 radical (unpaired) electrons. The van der Waals surface area contributed by atoms with Gasteiger partial charge in [-0.1, -0.05) is 30.3 Å². The standard InChI is InChI=1S/C25H26N2O2/c1-26-17-20-14-19(8-9-23(20)25(26)28)24-16-21(15-18-6-2-3-7-22(18)24)29-13-12-27-10-4-5-11-27/h2-3,6-9,14-16H,4-5,10-13,17H2,1H3. The molecule has 5 rings (SSSR count). The van der Waals surface area contributed by atoms with E-state index in [0.29, 0.717) is 13.2 Å². The van der Waals surface area contributed by atoms with Gasteiger partial charge in [0.05, 0.1) is 0 Å². The average Bonchev–Trinajstić information content (AvgIpc) is 3.35. The van der Waals surface area contributed by atoms with E-state index in [0.717, 1.165) is 34.5 Å². The van der Waals surface area contributed by atoms with E-state index >= 15 is 0 Å². The first-order valence-corrected chi connectivity index (χ1v) is 10.5. The summed E-state index contributed by atoms with van der Waals surface area (Å²) in [7, 11) is 1.85. The molecule has 3 aromatic rings. The SMILES string of the molecule is CN1Cc2cc(-c3cc(OCCN4CCCC4)cc4ccccc34)ccc2C1=O. The second-order valence-corrected chi connectivity index (χ2v) is 8.12. The Hall–Kier alpha value is -2.85. The van der Waals surface area contributed by atoms with Gasteiger partial charge in [0.15, 0.2) is 0 Å². The van der Waals surface area contributed by atoms with Crippen LogP contribution in [-0.2, 0) is 6.54 Å². The molecule has 2 heterocycles. The highest BCUT2D eigenvalue weighted by Gasteiger charge is 2.24. The Kier molecular flexibility index (Phi) is 4.72. The molecular weight excluding hydrogens is 360 g/mol. The van der Waals surface area contributed by atoms with E-state index in [1.807, 2.05) is 13.1 Å². The van der Waals surface area contributed by atoms with Crippen molar-refractivity contribution in [3.63, 3.8) is 0 Å². The number of rotatable bonds is 5. The molecule has 0 bridgehead atoms. The van der Waals surface area contributed by atoms with Crippen LogP contribution in [0.25, 0.3) is 21.9 Å². The van der Waals surface area contributed by atoms with Gasteiger partial charge in [-0.25, -0.2) is 0 Å². The number of nitrogens with zero attached hydrogens (tertiary/aromatic N) is 2. The molecule has 0 aromatic heterocycles. The number of hydrogen-bond donors (Lipinski definition) is 0. The highest BCUT2D eigenvalue weighted by molar-refractivity contribution is 6.01. The number of benzene rings is 3. The third kappa shape index (κ3) is 3.49. The molecule has 2 aliphatic rings. The summed E-state index contributed by atoms with van der Waals surface area (Å²) in [6.45, 7) is 4.74. The van der Waals surface area contributed by atoms with E-state index in [2.05, 4.69) is 53.4 Å². The number of amides is 1. The van der Waals surface area contributed by atoms with Crippen LogP contribution >= 0.6 is 0 Å². The predicted octanol–water partition coefficient (Wildman–Crippen LogP) is 4.57. The summed E-state index contributed by atoms with van der Waals surface area (Å²) < 4.78 is 6.16. The Morgan fingerprint density at radius 1 is 0.966 bits per heavy atom. The van der Waals surface area contributed by atoms with Gasteiger partial charge < -0.3 is 9.64 Å². The van der Waals surface area contributed by atoms with E-state index in [4.69, 9.17) is 4.74 Å². The molecule has 3 aromatic carbocycles. The molecule has 29 heavy (non-hydrogen) atoms. The summed E-state index contributed by atoms with van der Waals surface area (Å²) in [4.78, 5) is 16.5. The molecule has 4 nitrogen and oxygen atoms in total. The van der Waals surface area contributed by atoms with Gasteiger partial charge in [-0.05, 0) is 77.7 Å². The van der Waals surface area contributed by atoms with Gasteiger partial charge >= 0.3 is 0 Å². The maximum atomic E-state index is 12.2. The Bertz CT molecular complexity index is 1070. The maximum absolute atomic E-state index is 12.2. The highest BCUT2D eigenvalue weighted by Crippen LogP contribution is 2.35. The van der Waals surface area contributed by atoms with E-state index in [9.17, 15) is 4.79 Å². The Morgan fingerprint density at radius 2 is 1.79 bits per heavy atom.